The van der Waals surface area contributed by atoms with E-state index in [4.69, 9.17) is 11.6 Å². The van der Waals surface area contributed by atoms with Crippen LogP contribution in [-0.4, -0.2) is 72.8 Å². The highest BCUT2D eigenvalue weighted by Gasteiger charge is 2.39. The van der Waals surface area contributed by atoms with E-state index in [0.29, 0.717) is 6.54 Å². The number of hydrogen-bond donors (Lipinski definition) is 1. The van der Waals surface area contributed by atoms with E-state index >= 15 is 0 Å². The molecule has 7 nitrogen and oxygen atoms in total. The summed E-state index contributed by atoms with van der Waals surface area (Å²) in [6.45, 7) is 5.31. The van der Waals surface area contributed by atoms with Crippen LogP contribution in [0.4, 0.5) is 5.69 Å². The number of carbonyl (C=O) groups is 3. The Morgan fingerprint density at radius 2 is 1.73 bits per heavy atom. The van der Waals surface area contributed by atoms with Crippen LogP contribution in [0, 0.1) is 5.92 Å². The minimum Gasteiger partial charge on any atom is -0.369 e. The fourth-order valence-corrected chi connectivity index (χ4v) is 5.38. The van der Waals surface area contributed by atoms with Gasteiger partial charge in [-0.25, -0.2) is 0 Å². The Bertz CT molecular complexity index is 850. The van der Waals surface area contributed by atoms with E-state index in [2.05, 4.69) is 21.2 Å². The Morgan fingerprint density at radius 3 is 2.45 bits per heavy atom. The molecule has 2 aliphatic heterocycles. The lowest BCUT2D eigenvalue weighted by molar-refractivity contribution is -0.140. The number of halogens is 1. The number of benzene rings is 1. The third-order valence-electron chi connectivity index (χ3n) is 7.19. The third kappa shape index (κ3) is 6.27. The maximum atomic E-state index is 12.7. The first-order valence-corrected chi connectivity index (χ1v) is 12.8. The molecule has 3 fully saturated rings. The minimum absolute atomic E-state index is 0.00459. The van der Waals surface area contributed by atoms with E-state index in [-0.39, 0.29) is 30.1 Å². The lowest BCUT2D eigenvalue weighted by atomic mass is 9.88. The van der Waals surface area contributed by atoms with Crippen LogP contribution in [0.3, 0.4) is 0 Å². The van der Waals surface area contributed by atoms with Crippen LogP contribution in [0.5, 0.6) is 0 Å². The van der Waals surface area contributed by atoms with Gasteiger partial charge in [-0.1, -0.05) is 36.9 Å². The fourth-order valence-electron chi connectivity index (χ4n) is 5.19. The second-order valence-electron chi connectivity index (χ2n) is 9.50. The molecule has 1 saturated carbocycles. The zero-order valence-electron chi connectivity index (χ0n) is 19.3. The number of nitrogens with zero attached hydrogens (tertiary/aromatic N) is 3. The molecule has 1 aromatic rings. The van der Waals surface area contributed by atoms with Gasteiger partial charge in [0.1, 0.15) is 6.04 Å². The molecule has 1 aliphatic carbocycles. The summed E-state index contributed by atoms with van der Waals surface area (Å²) < 4.78 is 0. The topological polar surface area (TPSA) is 73.0 Å². The second kappa shape index (κ2) is 11.3. The Balaban J connectivity index is 1.14. The van der Waals surface area contributed by atoms with Crippen LogP contribution < -0.4 is 10.2 Å². The molecule has 3 amide bonds. The summed E-state index contributed by atoms with van der Waals surface area (Å²) in [7, 11) is 0. The maximum Gasteiger partial charge on any atom is 0.252 e. The maximum absolute atomic E-state index is 12.7. The fraction of sp³-hybridized carbons (Fsp3) is 0.640. The molecule has 0 bridgehead atoms. The Kier molecular flexibility index (Phi) is 8.25. The highest BCUT2D eigenvalue weighted by atomic mass is 35.5. The van der Waals surface area contributed by atoms with E-state index in [1.807, 2.05) is 18.2 Å². The number of rotatable bonds is 8. The van der Waals surface area contributed by atoms with Gasteiger partial charge in [0.25, 0.3) is 5.91 Å². The van der Waals surface area contributed by atoms with Gasteiger partial charge in [-0.05, 0) is 50.4 Å². The number of imide groups is 1. The second-order valence-corrected chi connectivity index (χ2v) is 9.94. The molecule has 8 heteroatoms. The molecule has 0 spiro atoms. The summed E-state index contributed by atoms with van der Waals surface area (Å²) in [5.74, 6) is -0.460. The molecule has 2 heterocycles. The number of carbonyl (C=O) groups excluding carboxylic acids is 3. The zero-order chi connectivity index (χ0) is 23.2. The average Bonchev–Trinajstić information content (AvgIpc) is 3.10. The molecule has 1 aromatic carbocycles. The Morgan fingerprint density at radius 1 is 1.00 bits per heavy atom. The van der Waals surface area contributed by atoms with Gasteiger partial charge in [0.2, 0.25) is 11.8 Å². The molecule has 0 aromatic heterocycles. The van der Waals surface area contributed by atoms with Crippen molar-refractivity contribution in [3.63, 3.8) is 0 Å². The third-order valence-corrected chi connectivity index (χ3v) is 7.42. The van der Waals surface area contributed by atoms with E-state index < -0.39 is 6.04 Å². The number of hydrogen-bond acceptors (Lipinski definition) is 5. The summed E-state index contributed by atoms with van der Waals surface area (Å²) >= 11 is 6.11. The van der Waals surface area contributed by atoms with Crippen molar-refractivity contribution in [2.75, 3.05) is 44.2 Å². The standard InChI is InChI=1S/C25H35ClN4O3/c26-20-9-6-10-21(17-20)29-15-13-28(14-16-29)11-4-5-12-30-23(31)18-22(25(30)33)27-24(32)19-7-2-1-3-8-19/h6,9-10,17,19,22H,1-5,7-8,11-16,18H2,(H,27,32)/t22-/m0/s1. The first kappa shape index (κ1) is 24.0. The van der Waals surface area contributed by atoms with Crippen LogP contribution in [0.1, 0.15) is 51.4 Å². The lowest BCUT2D eigenvalue weighted by Gasteiger charge is -2.36. The van der Waals surface area contributed by atoms with E-state index in [1.54, 1.807) is 0 Å². The van der Waals surface area contributed by atoms with Crippen LogP contribution >= 0.6 is 11.6 Å². The van der Waals surface area contributed by atoms with Crippen LogP contribution in [-0.2, 0) is 14.4 Å². The predicted octanol–water partition coefficient (Wildman–Crippen LogP) is 3.07. The molecule has 1 N–H and O–H groups in total. The molecule has 180 valence electrons. The van der Waals surface area contributed by atoms with Gasteiger partial charge in [0.15, 0.2) is 0 Å². The van der Waals surface area contributed by atoms with Gasteiger partial charge < -0.3 is 10.2 Å². The van der Waals surface area contributed by atoms with Crippen molar-refractivity contribution in [2.24, 2.45) is 5.92 Å². The average molecular weight is 475 g/mol. The highest BCUT2D eigenvalue weighted by Crippen LogP contribution is 2.25. The molecular formula is C25H35ClN4O3. The van der Waals surface area contributed by atoms with Gasteiger partial charge in [-0.15, -0.1) is 0 Å². The van der Waals surface area contributed by atoms with Crippen molar-refractivity contribution < 1.29 is 14.4 Å². The minimum atomic E-state index is -0.675. The SMILES string of the molecule is O=C(N[C@H]1CC(=O)N(CCCCN2CCN(c3cccc(Cl)c3)CC2)C1=O)C1CCCCC1. The molecule has 0 radical (unpaired) electrons. The van der Waals surface area contributed by atoms with Crippen molar-refractivity contribution in [2.45, 2.75) is 57.4 Å². The number of nitrogens with one attached hydrogen (secondary N) is 1. The Labute approximate surface area is 201 Å². The van der Waals surface area contributed by atoms with Crippen molar-refractivity contribution in [1.82, 2.24) is 15.1 Å². The molecule has 0 unspecified atom stereocenters. The van der Waals surface area contributed by atoms with Crippen molar-refractivity contribution in [1.29, 1.82) is 0 Å². The number of unbranched alkanes of at least 4 members (excludes halogenated alkanes) is 1. The first-order valence-electron chi connectivity index (χ1n) is 12.4. The first-order chi connectivity index (χ1) is 16.0. The quantitative estimate of drug-likeness (QED) is 0.463. The lowest BCUT2D eigenvalue weighted by Crippen LogP contribution is -2.46. The smallest absolute Gasteiger partial charge is 0.252 e. The molecular weight excluding hydrogens is 440 g/mol. The summed E-state index contributed by atoms with van der Waals surface area (Å²) in [5.41, 5.74) is 1.17. The van der Waals surface area contributed by atoms with Gasteiger partial charge in [0, 0.05) is 49.4 Å². The highest BCUT2D eigenvalue weighted by molar-refractivity contribution is 6.30. The van der Waals surface area contributed by atoms with Crippen molar-refractivity contribution in [3.05, 3.63) is 29.3 Å². The molecule has 4 rings (SSSR count). The Hall–Kier alpha value is -2.12. The largest absolute Gasteiger partial charge is 0.369 e. The summed E-state index contributed by atoms with van der Waals surface area (Å²) in [4.78, 5) is 43.7. The molecule has 2 saturated heterocycles. The number of anilines is 1. The molecule has 1 atom stereocenters. The van der Waals surface area contributed by atoms with Crippen molar-refractivity contribution in [3.8, 4) is 0 Å². The summed E-state index contributed by atoms with van der Waals surface area (Å²) in [6.07, 6.45) is 6.91. The van der Waals surface area contributed by atoms with Crippen LogP contribution in [0.2, 0.25) is 5.02 Å². The van der Waals surface area contributed by atoms with E-state index in [0.717, 1.165) is 76.3 Å². The van der Waals surface area contributed by atoms with Gasteiger partial charge in [-0.2, -0.15) is 0 Å². The van der Waals surface area contributed by atoms with Gasteiger partial charge in [-0.3, -0.25) is 24.2 Å². The molecule has 33 heavy (non-hydrogen) atoms. The van der Waals surface area contributed by atoms with Crippen molar-refractivity contribution >= 4 is 35.0 Å². The van der Waals surface area contributed by atoms with Crippen LogP contribution in [0.25, 0.3) is 0 Å². The normalized spacial score (nSPS) is 22.8. The zero-order valence-corrected chi connectivity index (χ0v) is 20.1. The number of likely N-dealkylation sites (tertiary alicyclic amines) is 1. The van der Waals surface area contributed by atoms with Gasteiger partial charge >= 0.3 is 0 Å². The monoisotopic (exact) mass is 474 g/mol. The summed E-state index contributed by atoms with van der Waals surface area (Å²) in [6, 6.07) is 7.30. The van der Waals surface area contributed by atoms with Gasteiger partial charge in [0.05, 0.1) is 6.42 Å². The number of amides is 3. The van der Waals surface area contributed by atoms with E-state index in [9.17, 15) is 14.4 Å². The van der Waals surface area contributed by atoms with E-state index in [1.165, 1.54) is 17.0 Å². The predicted molar refractivity (Wildman–Crippen MR) is 129 cm³/mol. The van der Waals surface area contributed by atoms with Crippen LogP contribution in [0.15, 0.2) is 24.3 Å². The molecule has 3 aliphatic rings. The number of piperazine rings is 1. The summed E-state index contributed by atoms with van der Waals surface area (Å²) in [5, 5.41) is 3.61.